The highest BCUT2D eigenvalue weighted by molar-refractivity contribution is 9.12. The fourth-order valence-corrected chi connectivity index (χ4v) is 2.32. The van der Waals surface area contributed by atoms with Crippen LogP contribution in [0.4, 0.5) is 0 Å². The second-order valence-corrected chi connectivity index (χ2v) is 6.21. The minimum absolute atomic E-state index is 0.0817. The molecule has 0 saturated carbocycles. The van der Waals surface area contributed by atoms with Gasteiger partial charge < -0.3 is 4.74 Å². The zero-order chi connectivity index (χ0) is 17.4. The molecule has 24 heavy (non-hydrogen) atoms. The Morgan fingerprint density at radius 1 is 1.21 bits per heavy atom. The third-order valence-electron chi connectivity index (χ3n) is 3.18. The van der Waals surface area contributed by atoms with Crippen LogP contribution in [0.3, 0.4) is 0 Å². The van der Waals surface area contributed by atoms with E-state index >= 15 is 0 Å². The molecule has 0 atom stereocenters. The molecule has 0 bridgehead atoms. The smallest absolute Gasteiger partial charge is 0.277 e. The molecule has 1 N–H and O–H groups in total. The molecule has 0 aliphatic rings. The lowest BCUT2D eigenvalue weighted by Gasteiger charge is -2.08. The first-order chi connectivity index (χ1) is 11.5. The van der Waals surface area contributed by atoms with Crippen molar-refractivity contribution in [3.63, 3.8) is 0 Å². The first-order valence-electron chi connectivity index (χ1n) is 7.49. The van der Waals surface area contributed by atoms with E-state index in [9.17, 15) is 4.79 Å². The Hall–Kier alpha value is -2.40. The minimum atomic E-state index is -0.313. The molecule has 5 heteroatoms. The Morgan fingerprint density at radius 3 is 2.71 bits per heavy atom. The SMILES string of the molecule is Cc1ccc(C)c(OCC(=O)NN=C/C(Br)=C/c2ccccc2)c1. The zero-order valence-electron chi connectivity index (χ0n) is 13.6. The number of ether oxygens (including phenoxy) is 1. The molecule has 0 saturated heterocycles. The maximum Gasteiger partial charge on any atom is 0.277 e. The molecular formula is C19H19BrN2O2. The maximum atomic E-state index is 11.8. The number of allylic oxidation sites excluding steroid dienone is 1. The number of amides is 1. The van der Waals surface area contributed by atoms with Gasteiger partial charge in [0.05, 0.1) is 6.21 Å². The van der Waals surface area contributed by atoms with Gasteiger partial charge in [-0.3, -0.25) is 4.79 Å². The summed E-state index contributed by atoms with van der Waals surface area (Å²) in [7, 11) is 0. The minimum Gasteiger partial charge on any atom is -0.483 e. The van der Waals surface area contributed by atoms with Gasteiger partial charge in [0.25, 0.3) is 5.91 Å². The number of carbonyl (C=O) groups excluding carboxylic acids is 1. The first kappa shape index (κ1) is 17.9. The quantitative estimate of drug-likeness (QED) is 0.596. The molecule has 2 rings (SSSR count). The lowest BCUT2D eigenvalue weighted by molar-refractivity contribution is -0.123. The standard InChI is InChI=1S/C19H19BrN2O2/c1-14-8-9-15(2)18(10-14)24-13-19(23)22-21-12-17(20)11-16-6-4-3-5-7-16/h3-12H,13H2,1-2H3,(H,22,23)/b17-11-,21-12?. The second kappa shape index (κ2) is 9.03. The van der Waals surface area contributed by atoms with Crippen molar-refractivity contribution in [3.8, 4) is 5.75 Å². The average molecular weight is 387 g/mol. The summed E-state index contributed by atoms with van der Waals surface area (Å²) in [6, 6.07) is 15.7. The fraction of sp³-hybridized carbons (Fsp3) is 0.158. The predicted molar refractivity (Wildman–Crippen MR) is 101 cm³/mol. The van der Waals surface area contributed by atoms with E-state index in [1.54, 1.807) is 0 Å². The van der Waals surface area contributed by atoms with Crippen LogP contribution < -0.4 is 10.2 Å². The zero-order valence-corrected chi connectivity index (χ0v) is 15.2. The third-order valence-corrected chi connectivity index (χ3v) is 3.62. The summed E-state index contributed by atoms with van der Waals surface area (Å²) >= 11 is 3.39. The summed E-state index contributed by atoms with van der Waals surface area (Å²) in [6.07, 6.45) is 3.44. The molecule has 0 radical (unpaired) electrons. The van der Waals surface area contributed by atoms with Gasteiger partial charge in [-0.25, -0.2) is 5.43 Å². The predicted octanol–water partition coefficient (Wildman–Crippen LogP) is 4.22. The van der Waals surface area contributed by atoms with Crippen molar-refractivity contribution in [2.24, 2.45) is 5.10 Å². The van der Waals surface area contributed by atoms with Crippen LogP contribution in [0.25, 0.3) is 6.08 Å². The molecule has 4 nitrogen and oxygen atoms in total. The third kappa shape index (κ3) is 6.01. The van der Waals surface area contributed by atoms with E-state index in [0.717, 1.165) is 21.2 Å². The van der Waals surface area contributed by atoms with E-state index in [-0.39, 0.29) is 12.5 Å². The van der Waals surface area contributed by atoms with Gasteiger partial charge in [-0.05, 0) is 58.6 Å². The van der Waals surface area contributed by atoms with Crippen molar-refractivity contribution < 1.29 is 9.53 Å². The van der Waals surface area contributed by atoms with Crippen LogP contribution in [0.15, 0.2) is 58.1 Å². The highest BCUT2D eigenvalue weighted by Gasteiger charge is 2.04. The molecule has 0 aromatic heterocycles. The van der Waals surface area contributed by atoms with Crippen LogP contribution in [0.5, 0.6) is 5.75 Å². The van der Waals surface area contributed by atoms with Crippen molar-refractivity contribution in [1.29, 1.82) is 0 Å². The summed E-state index contributed by atoms with van der Waals surface area (Å²) in [6.45, 7) is 3.84. The average Bonchev–Trinajstić information content (AvgIpc) is 2.56. The Bertz CT molecular complexity index is 755. The molecule has 0 fully saturated rings. The summed E-state index contributed by atoms with van der Waals surface area (Å²) in [4.78, 5) is 11.8. The molecule has 0 aliphatic carbocycles. The van der Waals surface area contributed by atoms with E-state index in [1.807, 2.05) is 68.5 Å². The van der Waals surface area contributed by atoms with Crippen LogP contribution in [0, 0.1) is 13.8 Å². The largest absolute Gasteiger partial charge is 0.483 e. The molecular weight excluding hydrogens is 368 g/mol. The summed E-state index contributed by atoms with van der Waals surface area (Å²) in [5, 5.41) is 3.90. The number of rotatable bonds is 6. The number of hydrogen-bond donors (Lipinski definition) is 1. The van der Waals surface area contributed by atoms with Gasteiger partial charge in [-0.2, -0.15) is 5.10 Å². The number of hydrogen-bond acceptors (Lipinski definition) is 3. The second-order valence-electron chi connectivity index (χ2n) is 5.29. The monoisotopic (exact) mass is 386 g/mol. The van der Waals surface area contributed by atoms with Gasteiger partial charge in [-0.1, -0.05) is 42.5 Å². The number of halogens is 1. The van der Waals surface area contributed by atoms with Crippen LogP contribution in [0.1, 0.15) is 16.7 Å². The lowest BCUT2D eigenvalue weighted by atomic mass is 10.1. The van der Waals surface area contributed by atoms with E-state index in [1.165, 1.54) is 6.21 Å². The summed E-state index contributed by atoms with van der Waals surface area (Å²) in [5.74, 6) is 0.395. The number of nitrogens with one attached hydrogen (secondary N) is 1. The van der Waals surface area contributed by atoms with Gasteiger partial charge >= 0.3 is 0 Å². The van der Waals surface area contributed by atoms with Crippen LogP contribution in [-0.4, -0.2) is 18.7 Å². The van der Waals surface area contributed by atoms with Crippen LogP contribution in [-0.2, 0) is 4.79 Å². The Morgan fingerprint density at radius 2 is 1.96 bits per heavy atom. The van der Waals surface area contributed by atoms with Gasteiger partial charge in [0.15, 0.2) is 6.61 Å². The molecule has 0 unspecified atom stereocenters. The van der Waals surface area contributed by atoms with Crippen molar-refractivity contribution >= 4 is 34.1 Å². The number of hydrazone groups is 1. The maximum absolute atomic E-state index is 11.8. The molecule has 2 aromatic rings. The van der Waals surface area contributed by atoms with Crippen molar-refractivity contribution in [3.05, 3.63) is 69.7 Å². The van der Waals surface area contributed by atoms with Crippen LogP contribution in [0.2, 0.25) is 0 Å². The van der Waals surface area contributed by atoms with E-state index < -0.39 is 0 Å². The molecule has 124 valence electrons. The molecule has 1 amide bonds. The first-order valence-corrected chi connectivity index (χ1v) is 8.28. The number of benzene rings is 2. The normalized spacial score (nSPS) is 11.5. The molecule has 0 heterocycles. The number of aryl methyl sites for hydroxylation is 2. The molecule has 0 aliphatic heterocycles. The fourth-order valence-electron chi connectivity index (χ4n) is 1.95. The van der Waals surface area contributed by atoms with Gasteiger partial charge in [0, 0.05) is 4.48 Å². The van der Waals surface area contributed by atoms with Crippen molar-refractivity contribution in [1.82, 2.24) is 5.43 Å². The van der Waals surface area contributed by atoms with E-state index in [4.69, 9.17) is 4.74 Å². The highest BCUT2D eigenvalue weighted by Crippen LogP contribution is 2.18. The Balaban J connectivity index is 1.82. The topological polar surface area (TPSA) is 50.7 Å². The van der Waals surface area contributed by atoms with Gasteiger partial charge in [0.2, 0.25) is 0 Å². The van der Waals surface area contributed by atoms with Gasteiger partial charge in [-0.15, -0.1) is 0 Å². The summed E-state index contributed by atoms with van der Waals surface area (Å²) in [5.41, 5.74) is 5.56. The van der Waals surface area contributed by atoms with Gasteiger partial charge in [0.1, 0.15) is 5.75 Å². The highest BCUT2D eigenvalue weighted by atomic mass is 79.9. The van der Waals surface area contributed by atoms with E-state index in [0.29, 0.717) is 5.75 Å². The Labute approximate surface area is 150 Å². The van der Waals surface area contributed by atoms with E-state index in [2.05, 4.69) is 26.5 Å². The molecule has 0 spiro atoms. The number of carbonyl (C=O) groups is 1. The number of nitrogens with zero attached hydrogens (tertiary/aromatic N) is 1. The van der Waals surface area contributed by atoms with Crippen molar-refractivity contribution in [2.45, 2.75) is 13.8 Å². The molecule has 2 aromatic carbocycles. The van der Waals surface area contributed by atoms with Crippen molar-refractivity contribution in [2.75, 3.05) is 6.61 Å². The van der Waals surface area contributed by atoms with Crippen LogP contribution >= 0.6 is 15.9 Å². The lowest BCUT2D eigenvalue weighted by Crippen LogP contribution is -2.24. The Kier molecular flexibility index (Phi) is 6.75. The summed E-state index contributed by atoms with van der Waals surface area (Å²) < 4.78 is 6.27.